The van der Waals surface area contributed by atoms with Crippen molar-refractivity contribution in [1.82, 2.24) is 4.72 Å². The molecule has 19 heavy (non-hydrogen) atoms. The average molecular weight is 285 g/mol. The van der Waals surface area contributed by atoms with Gasteiger partial charge in [0.2, 0.25) is 10.0 Å². The van der Waals surface area contributed by atoms with E-state index < -0.39 is 21.3 Å². The monoisotopic (exact) mass is 285 g/mol. The van der Waals surface area contributed by atoms with E-state index in [1.807, 2.05) is 18.2 Å². The van der Waals surface area contributed by atoms with Crippen molar-refractivity contribution in [2.24, 2.45) is 0 Å². The Hall–Kier alpha value is -0.950. The first-order chi connectivity index (χ1) is 9.13. The molecular weight excluding hydrogens is 266 g/mol. The Morgan fingerprint density at radius 2 is 1.89 bits per heavy atom. The smallest absolute Gasteiger partial charge is 0.215 e. The van der Waals surface area contributed by atoms with Crippen LogP contribution in [0, 0.1) is 0 Å². The zero-order valence-corrected chi connectivity index (χ0v) is 11.5. The predicted molar refractivity (Wildman–Crippen MR) is 72.2 cm³/mol. The number of aliphatic hydroxyl groups is 1. The van der Waals surface area contributed by atoms with Gasteiger partial charge in [0, 0.05) is 13.2 Å². The maximum Gasteiger partial charge on any atom is 0.215 e. The summed E-state index contributed by atoms with van der Waals surface area (Å²) in [6.07, 6.45) is 1.00. The highest BCUT2D eigenvalue weighted by molar-refractivity contribution is 7.90. The van der Waals surface area contributed by atoms with E-state index in [1.54, 1.807) is 12.1 Å². The fourth-order valence-corrected chi connectivity index (χ4v) is 3.79. The maximum atomic E-state index is 12.3. The molecule has 1 aliphatic heterocycles. The summed E-state index contributed by atoms with van der Waals surface area (Å²) in [5.41, 5.74) is 0.764. The van der Waals surface area contributed by atoms with Gasteiger partial charge in [0.1, 0.15) is 0 Å². The molecule has 1 aromatic rings. The van der Waals surface area contributed by atoms with Crippen molar-refractivity contribution in [3.8, 4) is 0 Å². The highest BCUT2D eigenvalue weighted by Gasteiger charge is 2.30. The van der Waals surface area contributed by atoms with Gasteiger partial charge >= 0.3 is 0 Å². The summed E-state index contributed by atoms with van der Waals surface area (Å²) in [6.45, 7) is 0.688. The molecule has 1 saturated heterocycles. The minimum Gasteiger partial charge on any atom is -0.394 e. The van der Waals surface area contributed by atoms with Gasteiger partial charge in [-0.1, -0.05) is 30.3 Å². The van der Waals surface area contributed by atoms with Crippen LogP contribution < -0.4 is 4.72 Å². The van der Waals surface area contributed by atoms with Crippen LogP contribution in [0.1, 0.15) is 24.4 Å². The lowest BCUT2D eigenvalue weighted by Crippen LogP contribution is -2.40. The summed E-state index contributed by atoms with van der Waals surface area (Å²) in [5.74, 6) is 0. The minimum atomic E-state index is -3.43. The van der Waals surface area contributed by atoms with Crippen LogP contribution in [-0.4, -0.2) is 38.6 Å². The SMILES string of the molecule is O=S(=O)(NC(CO)c1ccccc1)C1CCOCC1. The lowest BCUT2D eigenvalue weighted by molar-refractivity contribution is 0.0980. The van der Waals surface area contributed by atoms with Crippen LogP contribution in [0.4, 0.5) is 0 Å². The molecule has 1 unspecified atom stereocenters. The molecule has 6 heteroatoms. The Morgan fingerprint density at radius 3 is 2.47 bits per heavy atom. The quantitative estimate of drug-likeness (QED) is 0.840. The molecule has 0 amide bonds. The Morgan fingerprint density at radius 1 is 1.26 bits per heavy atom. The third kappa shape index (κ3) is 3.76. The zero-order chi connectivity index (χ0) is 13.7. The summed E-state index contributed by atoms with van der Waals surface area (Å²) < 4.78 is 32.3. The molecule has 5 nitrogen and oxygen atoms in total. The first kappa shape index (κ1) is 14.5. The van der Waals surface area contributed by atoms with Crippen LogP contribution in [0.15, 0.2) is 30.3 Å². The molecule has 0 spiro atoms. The molecule has 1 aliphatic rings. The van der Waals surface area contributed by atoms with Gasteiger partial charge in [0.05, 0.1) is 17.9 Å². The molecule has 0 aliphatic carbocycles. The summed E-state index contributed by atoms with van der Waals surface area (Å²) >= 11 is 0. The van der Waals surface area contributed by atoms with Crippen LogP contribution in [0.2, 0.25) is 0 Å². The van der Waals surface area contributed by atoms with Crippen molar-refractivity contribution in [2.45, 2.75) is 24.1 Å². The molecule has 1 aromatic carbocycles. The number of rotatable bonds is 5. The highest BCUT2D eigenvalue weighted by atomic mass is 32.2. The van der Waals surface area contributed by atoms with E-state index in [0.29, 0.717) is 26.1 Å². The van der Waals surface area contributed by atoms with Crippen LogP contribution in [0.3, 0.4) is 0 Å². The first-order valence-corrected chi connectivity index (χ1v) is 7.93. The Balaban J connectivity index is 2.09. The molecule has 0 bridgehead atoms. The summed E-state index contributed by atoms with van der Waals surface area (Å²) in [4.78, 5) is 0. The maximum absolute atomic E-state index is 12.3. The number of nitrogens with one attached hydrogen (secondary N) is 1. The van der Waals surface area contributed by atoms with E-state index in [1.165, 1.54) is 0 Å². The van der Waals surface area contributed by atoms with Gasteiger partial charge in [-0.05, 0) is 18.4 Å². The van der Waals surface area contributed by atoms with Crippen LogP contribution >= 0.6 is 0 Å². The molecule has 0 saturated carbocycles. The molecule has 1 atom stereocenters. The van der Waals surface area contributed by atoms with E-state index in [-0.39, 0.29) is 6.61 Å². The third-order valence-electron chi connectivity index (χ3n) is 3.30. The van der Waals surface area contributed by atoms with E-state index in [2.05, 4.69) is 4.72 Å². The molecule has 2 N–H and O–H groups in total. The van der Waals surface area contributed by atoms with Crippen molar-refractivity contribution >= 4 is 10.0 Å². The standard InChI is InChI=1S/C13H19NO4S/c15-10-13(11-4-2-1-3-5-11)14-19(16,17)12-6-8-18-9-7-12/h1-5,12-15H,6-10H2. The van der Waals surface area contributed by atoms with Gasteiger partial charge in [-0.15, -0.1) is 0 Å². The third-order valence-corrected chi connectivity index (χ3v) is 5.26. The number of ether oxygens (including phenoxy) is 1. The Bertz CT molecular complexity index is 483. The van der Waals surface area contributed by atoms with E-state index in [0.717, 1.165) is 5.56 Å². The normalized spacial score (nSPS) is 19.2. The van der Waals surface area contributed by atoms with Gasteiger partial charge < -0.3 is 9.84 Å². The van der Waals surface area contributed by atoms with E-state index >= 15 is 0 Å². The molecule has 1 heterocycles. The van der Waals surface area contributed by atoms with Crippen molar-refractivity contribution in [1.29, 1.82) is 0 Å². The number of sulfonamides is 1. The number of hydrogen-bond acceptors (Lipinski definition) is 4. The second-order valence-electron chi connectivity index (χ2n) is 4.62. The lowest BCUT2D eigenvalue weighted by atomic mass is 10.1. The van der Waals surface area contributed by atoms with Crippen molar-refractivity contribution in [3.63, 3.8) is 0 Å². The second-order valence-corrected chi connectivity index (χ2v) is 6.61. The number of aliphatic hydroxyl groups excluding tert-OH is 1. The van der Waals surface area contributed by atoms with E-state index in [4.69, 9.17) is 4.74 Å². The first-order valence-electron chi connectivity index (χ1n) is 6.38. The van der Waals surface area contributed by atoms with Gasteiger partial charge in [0.25, 0.3) is 0 Å². The summed E-state index contributed by atoms with van der Waals surface area (Å²) in [5, 5.41) is 8.96. The largest absolute Gasteiger partial charge is 0.394 e. The molecule has 1 fully saturated rings. The fraction of sp³-hybridized carbons (Fsp3) is 0.538. The molecule has 106 valence electrons. The summed E-state index contributed by atoms with van der Waals surface area (Å²) in [6, 6.07) is 8.50. The highest BCUT2D eigenvalue weighted by Crippen LogP contribution is 2.19. The minimum absolute atomic E-state index is 0.257. The summed E-state index contributed by atoms with van der Waals surface area (Å²) in [7, 11) is -3.43. The van der Waals surface area contributed by atoms with Crippen LogP contribution in [-0.2, 0) is 14.8 Å². The zero-order valence-electron chi connectivity index (χ0n) is 10.7. The van der Waals surface area contributed by atoms with Gasteiger partial charge in [0.15, 0.2) is 0 Å². The lowest BCUT2D eigenvalue weighted by Gasteiger charge is -2.25. The van der Waals surface area contributed by atoms with E-state index in [9.17, 15) is 13.5 Å². The van der Waals surface area contributed by atoms with Crippen molar-refractivity contribution in [3.05, 3.63) is 35.9 Å². The Kier molecular flexibility index (Phi) is 4.93. The van der Waals surface area contributed by atoms with Crippen molar-refractivity contribution in [2.75, 3.05) is 19.8 Å². The fourth-order valence-electron chi connectivity index (χ4n) is 2.18. The van der Waals surface area contributed by atoms with Gasteiger partial charge in [-0.3, -0.25) is 0 Å². The number of benzene rings is 1. The molecular formula is C13H19NO4S. The van der Waals surface area contributed by atoms with Gasteiger partial charge in [-0.2, -0.15) is 0 Å². The Labute approximate surface area is 113 Å². The van der Waals surface area contributed by atoms with Crippen LogP contribution in [0.5, 0.6) is 0 Å². The van der Waals surface area contributed by atoms with Crippen LogP contribution in [0.25, 0.3) is 0 Å². The molecule has 0 radical (unpaired) electrons. The average Bonchev–Trinajstić information content (AvgIpc) is 2.47. The predicted octanol–water partition coefficient (Wildman–Crippen LogP) is 0.818. The van der Waals surface area contributed by atoms with Gasteiger partial charge in [-0.25, -0.2) is 13.1 Å². The molecule has 0 aromatic heterocycles. The second kappa shape index (κ2) is 6.47. The van der Waals surface area contributed by atoms with Crippen molar-refractivity contribution < 1.29 is 18.3 Å². The number of hydrogen-bond donors (Lipinski definition) is 2. The topological polar surface area (TPSA) is 75.6 Å². The molecule has 2 rings (SSSR count).